The second-order valence-electron chi connectivity index (χ2n) is 13.2. The van der Waals surface area contributed by atoms with Gasteiger partial charge in [0, 0.05) is 18.4 Å². The van der Waals surface area contributed by atoms with E-state index in [-0.39, 0.29) is 78.1 Å². The van der Waals surface area contributed by atoms with Crippen molar-refractivity contribution in [2.45, 2.75) is 81.8 Å². The van der Waals surface area contributed by atoms with E-state index >= 15 is 0 Å². The molecule has 0 spiro atoms. The number of hydrogen-bond donors (Lipinski definition) is 6. The van der Waals surface area contributed by atoms with E-state index in [2.05, 4.69) is 17.4 Å². The van der Waals surface area contributed by atoms with Gasteiger partial charge in [0.15, 0.2) is 23.0 Å². The number of aliphatic hydroxyl groups is 1. The monoisotopic (exact) mass is 630 g/mol. The third kappa shape index (κ3) is 6.97. The molecular weight excluding hydrogens is 584 g/mol. The number of aromatic hydroxyl groups is 3. The zero-order valence-electron chi connectivity index (χ0n) is 26.2. The van der Waals surface area contributed by atoms with Gasteiger partial charge < -0.3 is 35.2 Å². The Bertz CT molecular complexity index is 1510. The van der Waals surface area contributed by atoms with Crippen molar-refractivity contribution in [2.75, 3.05) is 19.8 Å². The number of fused-ring (bicyclic) bond motifs is 3. The molecule has 1 saturated carbocycles. The number of piperidine rings is 1. The van der Waals surface area contributed by atoms with Crippen LogP contribution >= 0.6 is 0 Å². The molecule has 0 aromatic heterocycles. The minimum Gasteiger partial charge on any atom is -0.504 e. The fraction of sp³-hybridized carbons (Fsp3) is 0.486. The summed E-state index contributed by atoms with van der Waals surface area (Å²) in [7, 11) is 0. The van der Waals surface area contributed by atoms with E-state index < -0.39 is 6.10 Å². The predicted octanol–water partition coefficient (Wildman–Crippen LogP) is 5.02. The largest absolute Gasteiger partial charge is 0.504 e. The summed E-state index contributed by atoms with van der Waals surface area (Å²) < 4.78 is 11.8. The van der Waals surface area contributed by atoms with Crippen molar-refractivity contribution in [2.24, 2.45) is 17.6 Å². The van der Waals surface area contributed by atoms with Gasteiger partial charge in [-0.2, -0.15) is 0 Å². The van der Waals surface area contributed by atoms with Crippen molar-refractivity contribution < 1.29 is 34.7 Å². The first-order valence-corrected chi connectivity index (χ1v) is 16.7. The normalized spacial score (nSPS) is 23.3. The first-order valence-electron chi connectivity index (χ1n) is 16.7. The topological polar surface area (TPSA) is 154 Å². The van der Waals surface area contributed by atoms with Gasteiger partial charge in [0.05, 0.1) is 6.10 Å². The molecule has 7 N–H and O–H groups in total. The van der Waals surface area contributed by atoms with E-state index in [1.807, 2.05) is 18.2 Å². The molecule has 0 amide bonds. The molecule has 3 aliphatic carbocycles. The zero-order valence-corrected chi connectivity index (χ0v) is 26.2. The van der Waals surface area contributed by atoms with E-state index in [9.17, 15) is 25.2 Å². The van der Waals surface area contributed by atoms with Crippen LogP contribution in [0.4, 0.5) is 0 Å². The second-order valence-corrected chi connectivity index (χ2v) is 13.2. The van der Waals surface area contributed by atoms with Gasteiger partial charge >= 0.3 is 0 Å². The number of aryl methyl sites for hydroxylation is 1. The molecule has 1 saturated heterocycles. The number of rotatable bonds is 12. The van der Waals surface area contributed by atoms with Gasteiger partial charge in [-0.25, -0.2) is 0 Å². The van der Waals surface area contributed by atoms with Crippen molar-refractivity contribution in [3.63, 3.8) is 0 Å². The number of carbonyl (C=O) groups is 1. The van der Waals surface area contributed by atoms with Crippen LogP contribution in [-0.4, -0.2) is 58.2 Å². The Hall–Kier alpha value is -3.79. The van der Waals surface area contributed by atoms with Crippen LogP contribution in [0.25, 0.3) is 0 Å². The molecule has 1 aliphatic heterocycles. The molecule has 0 unspecified atom stereocenters. The quantitative estimate of drug-likeness (QED) is 0.120. The van der Waals surface area contributed by atoms with Crippen molar-refractivity contribution in [1.29, 1.82) is 0 Å². The summed E-state index contributed by atoms with van der Waals surface area (Å²) in [5.41, 5.74) is 9.41. The van der Waals surface area contributed by atoms with Gasteiger partial charge in [-0.05, 0) is 117 Å². The Morgan fingerprint density at radius 2 is 1.74 bits per heavy atom. The number of ketones is 1. The standard InChI is InChI=1S/C37H46N2O7/c38-21-45-33-17-23(7-11-30(33)41)6-9-26(40)19-31(42)28-10-8-24-18-25(16-22-4-2-1-3-5-22)34(28)29-20-32(43)36(44)37(35(24)29)46-27-12-14-39-15-13-27/h1-5,7,11,17,20,24-25,27-28,31,34,39,41-44H,6,8-10,12-16,18-19,21,38H2/t24-,25-,28-,31-,34-/m0/s1. The second kappa shape index (κ2) is 14.3. The Morgan fingerprint density at radius 3 is 2.50 bits per heavy atom. The highest BCUT2D eigenvalue weighted by Crippen LogP contribution is 2.60. The lowest BCUT2D eigenvalue weighted by molar-refractivity contribution is -0.121. The highest BCUT2D eigenvalue weighted by molar-refractivity contribution is 5.79. The minimum atomic E-state index is -0.860. The van der Waals surface area contributed by atoms with Crippen LogP contribution in [0.15, 0.2) is 54.6 Å². The first-order chi connectivity index (χ1) is 22.3. The molecule has 2 fully saturated rings. The van der Waals surface area contributed by atoms with Crippen molar-refractivity contribution in [3.8, 4) is 28.7 Å². The molecular formula is C37H46N2O7. The molecule has 5 atom stereocenters. The van der Waals surface area contributed by atoms with Gasteiger partial charge in [0.25, 0.3) is 0 Å². The molecule has 3 aromatic carbocycles. The Balaban J connectivity index is 1.26. The van der Waals surface area contributed by atoms with E-state index in [1.165, 1.54) is 11.6 Å². The number of ether oxygens (including phenoxy) is 2. The predicted molar refractivity (Wildman–Crippen MR) is 174 cm³/mol. The number of nitrogens with two attached hydrogens (primary N) is 1. The SMILES string of the molecule is NCOc1cc(CCC(=O)C[C@H](O)[C@@H]2CC[C@H]3C[C@H](Cc4ccccc4)[C@@H]2c2cc(O)c(O)c(OC4CCNCC4)c23)ccc1O. The lowest BCUT2D eigenvalue weighted by Gasteiger charge is -2.40. The summed E-state index contributed by atoms with van der Waals surface area (Å²) in [4.78, 5) is 13.3. The summed E-state index contributed by atoms with van der Waals surface area (Å²) in [6.07, 6.45) is 4.70. The maximum Gasteiger partial charge on any atom is 0.200 e. The maximum atomic E-state index is 13.3. The Labute approximate surface area is 270 Å². The molecule has 7 rings (SSSR count). The van der Waals surface area contributed by atoms with Crippen LogP contribution < -0.4 is 20.5 Å². The number of hydrogen-bond acceptors (Lipinski definition) is 9. The Kier molecular flexibility index (Phi) is 10.0. The Morgan fingerprint density at radius 1 is 0.957 bits per heavy atom. The molecule has 9 nitrogen and oxygen atoms in total. The van der Waals surface area contributed by atoms with E-state index in [1.54, 1.807) is 18.2 Å². The molecule has 46 heavy (non-hydrogen) atoms. The number of aliphatic hydroxyl groups excluding tert-OH is 1. The molecule has 246 valence electrons. The van der Waals surface area contributed by atoms with Crippen LogP contribution in [0.3, 0.4) is 0 Å². The van der Waals surface area contributed by atoms with Crippen LogP contribution in [0.1, 0.15) is 79.0 Å². The summed E-state index contributed by atoms with van der Waals surface area (Å²) in [5, 5.41) is 47.2. The van der Waals surface area contributed by atoms with Crippen molar-refractivity contribution in [3.05, 3.63) is 76.9 Å². The van der Waals surface area contributed by atoms with E-state index in [0.717, 1.165) is 68.3 Å². The van der Waals surface area contributed by atoms with Gasteiger partial charge in [0.2, 0.25) is 5.75 Å². The first kappa shape index (κ1) is 32.2. The lowest BCUT2D eigenvalue weighted by atomic mass is 9.65. The van der Waals surface area contributed by atoms with Crippen LogP contribution in [0, 0.1) is 11.8 Å². The smallest absolute Gasteiger partial charge is 0.200 e. The summed E-state index contributed by atoms with van der Waals surface area (Å²) in [6, 6.07) is 17.0. The maximum absolute atomic E-state index is 13.3. The zero-order chi connectivity index (χ0) is 32.2. The summed E-state index contributed by atoms with van der Waals surface area (Å²) in [5.74, 6) is 0.203. The number of phenolic OH excluding ortho intramolecular Hbond substituents is 3. The third-order valence-electron chi connectivity index (χ3n) is 10.3. The van der Waals surface area contributed by atoms with Gasteiger partial charge in [0.1, 0.15) is 18.6 Å². The van der Waals surface area contributed by atoms with Crippen LogP contribution in [0.2, 0.25) is 0 Å². The molecule has 0 radical (unpaired) electrons. The molecule has 4 aliphatic rings. The number of Topliss-reactive ketones (excluding diaryl/α,β-unsaturated/α-hetero) is 1. The van der Waals surface area contributed by atoms with Gasteiger partial charge in [-0.1, -0.05) is 36.4 Å². The minimum absolute atomic E-state index is 0.00631. The third-order valence-corrected chi connectivity index (χ3v) is 10.3. The average molecular weight is 631 g/mol. The fourth-order valence-electron chi connectivity index (χ4n) is 8.11. The summed E-state index contributed by atoms with van der Waals surface area (Å²) in [6.45, 7) is 1.62. The lowest BCUT2D eigenvalue weighted by Crippen LogP contribution is -2.35. The molecule has 1 heterocycles. The molecule has 2 bridgehead atoms. The highest BCUT2D eigenvalue weighted by atomic mass is 16.5. The van der Waals surface area contributed by atoms with Crippen molar-refractivity contribution >= 4 is 5.78 Å². The van der Waals surface area contributed by atoms with Crippen molar-refractivity contribution in [1.82, 2.24) is 5.32 Å². The van der Waals surface area contributed by atoms with Crippen LogP contribution in [-0.2, 0) is 17.6 Å². The van der Waals surface area contributed by atoms with Gasteiger partial charge in [-0.3, -0.25) is 10.5 Å². The van der Waals surface area contributed by atoms with E-state index in [4.69, 9.17) is 15.2 Å². The average Bonchev–Trinajstić information content (AvgIpc) is 3.33. The number of nitrogens with one attached hydrogen (secondary N) is 1. The molecule has 3 aromatic rings. The van der Waals surface area contributed by atoms with E-state index in [0.29, 0.717) is 12.2 Å². The molecule has 9 heteroatoms. The number of carbonyl (C=O) groups excluding carboxylic acids is 1. The highest BCUT2D eigenvalue weighted by Gasteiger charge is 2.47. The fourth-order valence-corrected chi connectivity index (χ4v) is 8.11. The van der Waals surface area contributed by atoms with Gasteiger partial charge in [-0.15, -0.1) is 0 Å². The summed E-state index contributed by atoms with van der Waals surface area (Å²) >= 11 is 0. The number of benzene rings is 3. The van der Waals surface area contributed by atoms with Crippen LogP contribution in [0.5, 0.6) is 28.7 Å². The number of phenols is 3.